The predicted molar refractivity (Wildman–Crippen MR) is 84.5 cm³/mol. The first-order valence-electron chi connectivity index (χ1n) is 6.23. The normalized spacial score (nSPS) is 13.1. The van der Waals surface area contributed by atoms with Crippen LogP contribution in [0.5, 0.6) is 0 Å². The molecule has 2 aromatic rings. The van der Waals surface area contributed by atoms with Crippen molar-refractivity contribution in [1.82, 2.24) is 4.72 Å². The van der Waals surface area contributed by atoms with E-state index in [4.69, 9.17) is 0 Å². The summed E-state index contributed by atoms with van der Waals surface area (Å²) in [6.45, 7) is 1.93. The lowest BCUT2D eigenvalue weighted by Crippen LogP contribution is -2.29. The Hall–Kier alpha value is -1.17. The maximum atomic E-state index is 12.4. The molecule has 0 amide bonds. The van der Waals surface area contributed by atoms with Gasteiger partial charge in [-0.2, -0.15) is 0 Å². The van der Waals surface area contributed by atoms with E-state index in [-0.39, 0.29) is 10.9 Å². The number of hydrogen-bond donors (Lipinski definition) is 1. The lowest BCUT2D eigenvalue weighted by molar-refractivity contribution is 0.569. The van der Waals surface area contributed by atoms with E-state index in [1.54, 1.807) is 24.3 Å². The highest BCUT2D eigenvalue weighted by Crippen LogP contribution is 2.19. The van der Waals surface area contributed by atoms with E-state index >= 15 is 0 Å². The predicted octanol–water partition coefficient (Wildman–Crippen LogP) is 3.41. The average Bonchev–Trinajstić information content (AvgIpc) is 2.46. The first-order chi connectivity index (χ1) is 9.53. The van der Waals surface area contributed by atoms with E-state index in [2.05, 4.69) is 20.7 Å². The fraction of sp³-hybridized carbons (Fsp3) is 0.200. The zero-order chi connectivity index (χ0) is 14.6. The van der Waals surface area contributed by atoms with Crippen LogP contribution in [0, 0.1) is 6.92 Å². The lowest BCUT2D eigenvalue weighted by Gasteiger charge is -2.17. The quantitative estimate of drug-likeness (QED) is 0.837. The van der Waals surface area contributed by atoms with Gasteiger partial charge in [0.1, 0.15) is 0 Å². The van der Waals surface area contributed by atoms with Crippen LogP contribution in [0.1, 0.15) is 17.2 Å². The van der Waals surface area contributed by atoms with E-state index in [0.717, 1.165) is 11.1 Å². The summed E-state index contributed by atoms with van der Waals surface area (Å²) in [7, 11) is -3.52. The molecule has 1 N–H and O–H groups in total. The molecule has 2 aromatic carbocycles. The van der Waals surface area contributed by atoms with Crippen LogP contribution < -0.4 is 4.72 Å². The van der Waals surface area contributed by atoms with Gasteiger partial charge in [0.2, 0.25) is 10.0 Å². The molecule has 0 heterocycles. The fourth-order valence-corrected chi connectivity index (χ4v) is 3.82. The van der Waals surface area contributed by atoms with Crippen LogP contribution in [0.4, 0.5) is 0 Å². The Bertz CT molecular complexity index is 654. The second kappa shape index (κ2) is 6.52. The molecule has 0 bridgehead atoms. The lowest BCUT2D eigenvalue weighted by atomic mass is 10.1. The fourth-order valence-electron chi connectivity index (χ4n) is 1.85. The highest BCUT2D eigenvalue weighted by atomic mass is 79.9. The number of benzene rings is 2. The Morgan fingerprint density at radius 2 is 1.65 bits per heavy atom. The monoisotopic (exact) mass is 353 g/mol. The molecule has 0 aromatic heterocycles. The van der Waals surface area contributed by atoms with Gasteiger partial charge in [-0.05, 0) is 24.6 Å². The number of hydrogen-bond acceptors (Lipinski definition) is 2. The largest absolute Gasteiger partial charge is 0.241 e. The molecule has 0 aliphatic carbocycles. The maximum Gasteiger partial charge on any atom is 0.241 e. The number of sulfonamides is 1. The summed E-state index contributed by atoms with van der Waals surface area (Å²) < 4.78 is 27.4. The summed E-state index contributed by atoms with van der Waals surface area (Å²) in [5.74, 6) is 0. The maximum absolute atomic E-state index is 12.4. The van der Waals surface area contributed by atoms with Crippen molar-refractivity contribution in [3.05, 3.63) is 65.7 Å². The Balaban J connectivity index is 2.24. The average molecular weight is 354 g/mol. The summed E-state index contributed by atoms with van der Waals surface area (Å²) in [6.07, 6.45) is 0. The number of nitrogens with one attached hydrogen (secondary N) is 1. The van der Waals surface area contributed by atoms with E-state index in [1.807, 2.05) is 37.3 Å². The molecule has 5 heteroatoms. The molecule has 0 saturated carbocycles. The van der Waals surface area contributed by atoms with E-state index in [9.17, 15) is 8.42 Å². The molecule has 1 atom stereocenters. The van der Waals surface area contributed by atoms with Gasteiger partial charge >= 0.3 is 0 Å². The van der Waals surface area contributed by atoms with Crippen molar-refractivity contribution in [2.24, 2.45) is 0 Å². The third-order valence-electron chi connectivity index (χ3n) is 2.98. The minimum absolute atomic E-state index is 0.282. The first kappa shape index (κ1) is 15.2. The second-order valence-corrected chi connectivity index (χ2v) is 6.91. The number of aryl methyl sites for hydroxylation is 1. The molecule has 106 valence electrons. The van der Waals surface area contributed by atoms with Crippen LogP contribution in [-0.4, -0.2) is 13.7 Å². The van der Waals surface area contributed by atoms with Crippen LogP contribution in [0.2, 0.25) is 0 Å². The van der Waals surface area contributed by atoms with Crippen molar-refractivity contribution in [2.45, 2.75) is 17.9 Å². The molecule has 3 nitrogen and oxygen atoms in total. The molecule has 0 spiro atoms. The zero-order valence-corrected chi connectivity index (χ0v) is 13.5. The van der Waals surface area contributed by atoms with Crippen LogP contribution in [-0.2, 0) is 10.0 Å². The molecular weight excluding hydrogens is 338 g/mol. The molecule has 0 aliphatic heterocycles. The molecule has 0 saturated heterocycles. The summed E-state index contributed by atoms with van der Waals surface area (Å²) in [5, 5.41) is 0.516. The molecule has 20 heavy (non-hydrogen) atoms. The van der Waals surface area contributed by atoms with Crippen LogP contribution in [0.3, 0.4) is 0 Å². The third kappa shape index (κ3) is 3.69. The van der Waals surface area contributed by atoms with Gasteiger partial charge in [-0.25, -0.2) is 13.1 Å². The van der Waals surface area contributed by atoms with Crippen molar-refractivity contribution in [2.75, 3.05) is 5.33 Å². The van der Waals surface area contributed by atoms with Crippen molar-refractivity contribution in [1.29, 1.82) is 0 Å². The van der Waals surface area contributed by atoms with Crippen LogP contribution >= 0.6 is 15.9 Å². The van der Waals surface area contributed by atoms with Crippen molar-refractivity contribution in [3.63, 3.8) is 0 Å². The highest BCUT2D eigenvalue weighted by Gasteiger charge is 2.20. The van der Waals surface area contributed by atoms with Gasteiger partial charge < -0.3 is 0 Å². The Morgan fingerprint density at radius 3 is 2.20 bits per heavy atom. The van der Waals surface area contributed by atoms with E-state index in [1.165, 1.54) is 0 Å². The number of rotatable bonds is 5. The minimum Gasteiger partial charge on any atom is -0.207 e. The summed E-state index contributed by atoms with van der Waals surface area (Å²) in [4.78, 5) is 0.282. The number of halogens is 1. The third-order valence-corrected chi connectivity index (χ3v) is 5.12. The van der Waals surface area contributed by atoms with Crippen molar-refractivity contribution >= 4 is 26.0 Å². The smallest absolute Gasteiger partial charge is 0.207 e. The highest BCUT2D eigenvalue weighted by molar-refractivity contribution is 9.09. The summed E-state index contributed by atoms with van der Waals surface area (Å²) in [5.41, 5.74) is 1.96. The van der Waals surface area contributed by atoms with Crippen molar-refractivity contribution in [3.8, 4) is 0 Å². The molecular formula is C15H16BrNO2S. The topological polar surface area (TPSA) is 46.2 Å². The van der Waals surface area contributed by atoms with Crippen molar-refractivity contribution < 1.29 is 8.42 Å². The van der Waals surface area contributed by atoms with Gasteiger partial charge in [0.05, 0.1) is 10.9 Å². The Morgan fingerprint density at radius 1 is 1.05 bits per heavy atom. The first-order valence-corrected chi connectivity index (χ1v) is 8.83. The van der Waals surface area contributed by atoms with Gasteiger partial charge in [-0.15, -0.1) is 0 Å². The Labute approximate surface area is 128 Å². The SMILES string of the molecule is Cc1ccc(S(=O)(=O)NC(CBr)c2ccccc2)cc1. The summed E-state index contributed by atoms with van der Waals surface area (Å²) in [6, 6.07) is 16.0. The van der Waals surface area contributed by atoms with E-state index < -0.39 is 10.0 Å². The van der Waals surface area contributed by atoms with Gasteiger partial charge in [-0.3, -0.25) is 0 Å². The van der Waals surface area contributed by atoms with Gasteiger partial charge in [0.15, 0.2) is 0 Å². The summed E-state index contributed by atoms with van der Waals surface area (Å²) >= 11 is 3.36. The molecule has 0 aliphatic rings. The standard InChI is InChI=1S/C15H16BrNO2S/c1-12-7-9-14(10-8-12)20(18,19)17-15(11-16)13-5-3-2-4-6-13/h2-10,15,17H,11H2,1H3. The van der Waals surface area contributed by atoms with Crippen LogP contribution in [0.25, 0.3) is 0 Å². The molecule has 1 unspecified atom stereocenters. The molecule has 0 fully saturated rings. The molecule has 0 radical (unpaired) electrons. The Kier molecular flexibility index (Phi) is 4.96. The van der Waals surface area contributed by atoms with Gasteiger partial charge in [-0.1, -0.05) is 64.0 Å². The molecule has 2 rings (SSSR count). The second-order valence-electron chi connectivity index (χ2n) is 4.55. The van der Waals surface area contributed by atoms with Gasteiger partial charge in [0.25, 0.3) is 0 Å². The van der Waals surface area contributed by atoms with Gasteiger partial charge in [0, 0.05) is 5.33 Å². The number of alkyl halides is 1. The minimum atomic E-state index is -3.52. The van der Waals surface area contributed by atoms with Crippen LogP contribution in [0.15, 0.2) is 59.5 Å². The van der Waals surface area contributed by atoms with E-state index in [0.29, 0.717) is 5.33 Å². The zero-order valence-electron chi connectivity index (χ0n) is 11.1.